The third-order valence-electron chi connectivity index (χ3n) is 4.90. The maximum absolute atomic E-state index is 6.25. The van der Waals surface area contributed by atoms with E-state index in [4.69, 9.17) is 9.31 Å². The van der Waals surface area contributed by atoms with Crippen LogP contribution < -0.4 is 5.46 Å². The Hall–Kier alpha value is -1.10. The maximum Gasteiger partial charge on any atom is 0.496 e. The Morgan fingerprint density at radius 1 is 0.909 bits per heavy atom. The maximum atomic E-state index is 6.25. The van der Waals surface area contributed by atoms with Crippen LogP contribution in [-0.2, 0) is 9.31 Å². The second-order valence-electron chi connectivity index (χ2n) is 6.98. The number of benzene rings is 1. The number of hydrogen-bond donors (Lipinski definition) is 0. The van der Waals surface area contributed by atoms with E-state index in [1.54, 1.807) is 0 Å². The van der Waals surface area contributed by atoms with Gasteiger partial charge in [0.15, 0.2) is 0 Å². The first kappa shape index (κ1) is 15.8. The van der Waals surface area contributed by atoms with E-state index in [0.29, 0.717) is 0 Å². The lowest BCUT2D eigenvalue weighted by atomic mass is 9.76. The Morgan fingerprint density at radius 3 is 2.00 bits per heavy atom. The van der Waals surface area contributed by atoms with Crippen molar-refractivity contribution in [1.29, 1.82) is 0 Å². The van der Waals surface area contributed by atoms with E-state index in [1.165, 1.54) is 26.3 Å². The zero-order valence-corrected chi connectivity index (χ0v) is 15.0. The van der Waals surface area contributed by atoms with Gasteiger partial charge in [-0.15, -0.1) is 11.3 Å². The van der Waals surface area contributed by atoms with Gasteiger partial charge < -0.3 is 9.31 Å². The smallest absolute Gasteiger partial charge is 0.399 e. The van der Waals surface area contributed by atoms with Crippen LogP contribution in [0.3, 0.4) is 0 Å². The summed E-state index contributed by atoms with van der Waals surface area (Å²) in [5.41, 5.74) is 3.13. The monoisotopic (exact) mass is 314 g/mol. The summed E-state index contributed by atoms with van der Waals surface area (Å²) in [5.74, 6) is 0. The molecule has 1 aromatic carbocycles. The molecule has 0 radical (unpaired) electrons. The van der Waals surface area contributed by atoms with Crippen LogP contribution in [0.15, 0.2) is 30.3 Å². The molecular formula is C18H23BO2S. The van der Waals surface area contributed by atoms with Gasteiger partial charge in [0.05, 0.1) is 11.2 Å². The highest BCUT2D eigenvalue weighted by molar-refractivity contribution is 7.17. The van der Waals surface area contributed by atoms with Crippen LogP contribution in [0.4, 0.5) is 0 Å². The summed E-state index contributed by atoms with van der Waals surface area (Å²) in [6, 6.07) is 10.5. The SMILES string of the molecule is Cc1sc(-c2ccccc2)c(C)c1B1OC(C)(C)C(C)(C)O1. The summed E-state index contributed by atoms with van der Waals surface area (Å²) in [6.07, 6.45) is 0. The third kappa shape index (κ3) is 2.43. The lowest BCUT2D eigenvalue weighted by Crippen LogP contribution is -2.41. The zero-order valence-electron chi connectivity index (χ0n) is 14.2. The average Bonchev–Trinajstić information content (AvgIpc) is 2.84. The van der Waals surface area contributed by atoms with E-state index in [9.17, 15) is 0 Å². The van der Waals surface area contributed by atoms with Gasteiger partial charge in [0, 0.05) is 9.75 Å². The molecule has 116 valence electrons. The van der Waals surface area contributed by atoms with Crippen molar-refractivity contribution in [2.75, 3.05) is 0 Å². The molecule has 0 N–H and O–H groups in total. The van der Waals surface area contributed by atoms with Gasteiger partial charge in [-0.05, 0) is 58.1 Å². The first-order chi connectivity index (χ1) is 10.2. The molecule has 0 bridgehead atoms. The van der Waals surface area contributed by atoms with Crippen molar-refractivity contribution < 1.29 is 9.31 Å². The van der Waals surface area contributed by atoms with Gasteiger partial charge in [0.2, 0.25) is 0 Å². The van der Waals surface area contributed by atoms with Crippen molar-refractivity contribution in [3.63, 3.8) is 0 Å². The molecular weight excluding hydrogens is 291 g/mol. The molecule has 1 fully saturated rings. The second kappa shape index (κ2) is 5.22. The summed E-state index contributed by atoms with van der Waals surface area (Å²) in [7, 11) is -0.279. The first-order valence-electron chi connectivity index (χ1n) is 7.74. The molecule has 0 aliphatic carbocycles. The van der Waals surface area contributed by atoms with Gasteiger partial charge in [-0.2, -0.15) is 0 Å². The fraction of sp³-hybridized carbons (Fsp3) is 0.444. The molecule has 1 aromatic heterocycles. The molecule has 1 saturated heterocycles. The van der Waals surface area contributed by atoms with Gasteiger partial charge in [0.25, 0.3) is 0 Å². The molecule has 2 heterocycles. The lowest BCUT2D eigenvalue weighted by molar-refractivity contribution is 0.00578. The summed E-state index contributed by atoms with van der Waals surface area (Å²) in [5, 5.41) is 0. The highest BCUT2D eigenvalue weighted by Crippen LogP contribution is 2.39. The Morgan fingerprint density at radius 2 is 1.45 bits per heavy atom. The molecule has 0 spiro atoms. The highest BCUT2D eigenvalue weighted by Gasteiger charge is 2.52. The molecule has 4 heteroatoms. The van der Waals surface area contributed by atoms with Crippen molar-refractivity contribution in [3.05, 3.63) is 40.8 Å². The zero-order chi connectivity index (χ0) is 16.1. The van der Waals surface area contributed by atoms with Crippen LogP contribution in [0, 0.1) is 13.8 Å². The highest BCUT2D eigenvalue weighted by atomic mass is 32.1. The third-order valence-corrected chi connectivity index (χ3v) is 6.18. The average molecular weight is 314 g/mol. The molecule has 0 unspecified atom stereocenters. The minimum Gasteiger partial charge on any atom is -0.399 e. The van der Waals surface area contributed by atoms with Crippen LogP contribution in [0.2, 0.25) is 0 Å². The molecule has 2 nitrogen and oxygen atoms in total. The van der Waals surface area contributed by atoms with E-state index in [2.05, 4.69) is 71.9 Å². The molecule has 0 amide bonds. The predicted octanol–water partition coefficient (Wildman–Crippen LogP) is 4.33. The van der Waals surface area contributed by atoms with E-state index >= 15 is 0 Å². The minimum absolute atomic E-state index is 0.279. The summed E-state index contributed by atoms with van der Waals surface area (Å²) < 4.78 is 12.5. The van der Waals surface area contributed by atoms with Crippen LogP contribution in [0.1, 0.15) is 38.1 Å². The normalized spacial score (nSPS) is 19.6. The molecule has 1 aliphatic heterocycles. The molecule has 2 aromatic rings. The second-order valence-corrected chi connectivity index (χ2v) is 8.21. The van der Waals surface area contributed by atoms with Crippen molar-refractivity contribution in [3.8, 4) is 10.4 Å². The van der Waals surface area contributed by atoms with E-state index in [0.717, 1.165) is 0 Å². The fourth-order valence-corrected chi connectivity index (χ4v) is 4.02. The Labute approximate surface area is 137 Å². The van der Waals surface area contributed by atoms with Crippen molar-refractivity contribution in [1.82, 2.24) is 0 Å². The summed E-state index contributed by atoms with van der Waals surface area (Å²) >= 11 is 1.82. The fourth-order valence-electron chi connectivity index (χ4n) is 2.84. The largest absolute Gasteiger partial charge is 0.496 e. The number of rotatable bonds is 2. The van der Waals surface area contributed by atoms with E-state index < -0.39 is 0 Å². The standard InChI is InChI=1S/C18H23BO2S/c1-12-15(19-20-17(3,4)18(5,6)21-19)13(2)22-16(12)14-10-8-7-9-11-14/h7-11H,1-6H3. The Kier molecular flexibility index (Phi) is 3.75. The van der Waals surface area contributed by atoms with Gasteiger partial charge in [-0.1, -0.05) is 30.3 Å². The van der Waals surface area contributed by atoms with Crippen LogP contribution in [0.5, 0.6) is 0 Å². The van der Waals surface area contributed by atoms with Gasteiger partial charge >= 0.3 is 7.12 Å². The molecule has 0 saturated carbocycles. The van der Waals surface area contributed by atoms with Crippen LogP contribution in [-0.4, -0.2) is 18.3 Å². The van der Waals surface area contributed by atoms with Gasteiger partial charge in [-0.3, -0.25) is 0 Å². The predicted molar refractivity (Wildman–Crippen MR) is 94.9 cm³/mol. The minimum atomic E-state index is -0.300. The number of thiophene rings is 1. The van der Waals surface area contributed by atoms with Gasteiger partial charge in [-0.25, -0.2) is 0 Å². The first-order valence-corrected chi connectivity index (χ1v) is 8.55. The quantitative estimate of drug-likeness (QED) is 0.768. The number of hydrogen-bond acceptors (Lipinski definition) is 3. The van der Waals surface area contributed by atoms with Crippen LogP contribution >= 0.6 is 11.3 Å². The van der Waals surface area contributed by atoms with E-state index in [-0.39, 0.29) is 18.3 Å². The molecule has 3 rings (SSSR count). The lowest BCUT2D eigenvalue weighted by Gasteiger charge is -2.32. The van der Waals surface area contributed by atoms with Crippen molar-refractivity contribution >= 4 is 23.9 Å². The van der Waals surface area contributed by atoms with Crippen LogP contribution in [0.25, 0.3) is 10.4 Å². The molecule has 22 heavy (non-hydrogen) atoms. The van der Waals surface area contributed by atoms with Crippen molar-refractivity contribution in [2.24, 2.45) is 0 Å². The molecule has 0 atom stereocenters. The topological polar surface area (TPSA) is 18.5 Å². The Balaban J connectivity index is 2.02. The number of aryl methyl sites for hydroxylation is 1. The van der Waals surface area contributed by atoms with Crippen molar-refractivity contribution in [2.45, 2.75) is 52.7 Å². The van der Waals surface area contributed by atoms with E-state index in [1.807, 2.05) is 11.3 Å². The summed E-state index contributed by atoms with van der Waals surface area (Å²) in [6.45, 7) is 12.7. The van der Waals surface area contributed by atoms with Gasteiger partial charge in [0.1, 0.15) is 0 Å². The molecule has 1 aliphatic rings. The summed E-state index contributed by atoms with van der Waals surface area (Å²) in [4.78, 5) is 2.58. The Bertz CT molecular complexity index is 673.